The number of amides is 2. The number of aryl methyl sites for hydroxylation is 1. The van der Waals surface area contributed by atoms with E-state index in [1.165, 1.54) is 23.6 Å². The predicted octanol–water partition coefficient (Wildman–Crippen LogP) is 4.29. The van der Waals surface area contributed by atoms with Gasteiger partial charge in [0.1, 0.15) is 11.9 Å². The van der Waals surface area contributed by atoms with Gasteiger partial charge in [0.05, 0.1) is 5.69 Å². The second-order valence-corrected chi connectivity index (χ2v) is 8.58. The Bertz CT molecular complexity index is 1030. The summed E-state index contributed by atoms with van der Waals surface area (Å²) in [7, 11) is 0. The minimum Gasteiger partial charge on any atom is -0.349 e. The van der Waals surface area contributed by atoms with E-state index < -0.39 is 29.2 Å². The Labute approximate surface area is 178 Å². The van der Waals surface area contributed by atoms with Gasteiger partial charge in [0.15, 0.2) is 5.69 Å². The van der Waals surface area contributed by atoms with Crippen molar-refractivity contribution in [1.29, 1.82) is 0 Å². The lowest BCUT2D eigenvalue weighted by Gasteiger charge is -2.33. The lowest BCUT2D eigenvalue weighted by Crippen LogP contribution is -2.49. The van der Waals surface area contributed by atoms with Crippen LogP contribution in [0, 0.1) is 12.7 Å². The fourth-order valence-corrected chi connectivity index (χ4v) is 3.43. The number of aromatic nitrogens is 2. The molecule has 1 N–H and O–H groups in total. The second-order valence-electron chi connectivity index (χ2n) is 7.97. The number of hydrogen-bond donors (Lipinski definition) is 1. The van der Waals surface area contributed by atoms with Gasteiger partial charge >= 0.3 is 0 Å². The molecule has 1 atom stereocenters. The highest BCUT2D eigenvalue weighted by atomic mass is 32.1. The Kier molecular flexibility index (Phi) is 6.26. The summed E-state index contributed by atoms with van der Waals surface area (Å²) in [6.45, 7) is 7.46. The van der Waals surface area contributed by atoms with Crippen molar-refractivity contribution in [3.63, 3.8) is 0 Å². The molecule has 156 valence electrons. The molecule has 6 nitrogen and oxygen atoms in total. The third-order valence-corrected chi connectivity index (χ3v) is 4.81. The van der Waals surface area contributed by atoms with E-state index in [0.717, 1.165) is 22.0 Å². The quantitative estimate of drug-likeness (QED) is 0.660. The van der Waals surface area contributed by atoms with Crippen LogP contribution in [0.4, 0.5) is 10.1 Å². The maximum atomic E-state index is 14.8. The number of nitrogens with one attached hydrogen (secondary N) is 1. The lowest BCUT2D eigenvalue weighted by atomic mass is 9.99. The highest BCUT2D eigenvalue weighted by Gasteiger charge is 2.36. The number of anilines is 1. The molecule has 0 saturated carbocycles. The van der Waals surface area contributed by atoms with E-state index in [1.807, 2.05) is 39.8 Å². The first-order valence-corrected chi connectivity index (χ1v) is 10.2. The summed E-state index contributed by atoms with van der Waals surface area (Å²) < 4.78 is 18.6. The molecule has 1 heterocycles. The number of benzene rings is 2. The SMILES string of the molecule is Cc1ccc([C@@H](C(=O)NC(C)(C)C)N(C(=O)c2csnn2)c2ccccc2F)cc1. The van der Waals surface area contributed by atoms with E-state index in [1.54, 1.807) is 18.2 Å². The van der Waals surface area contributed by atoms with Gasteiger partial charge < -0.3 is 5.32 Å². The lowest BCUT2D eigenvalue weighted by molar-refractivity contribution is -0.123. The van der Waals surface area contributed by atoms with Crippen LogP contribution in [0.5, 0.6) is 0 Å². The highest BCUT2D eigenvalue weighted by Crippen LogP contribution is 2.32. The Hall–Kier alpha value is -3.13. The maximum absolute atomic E-state index is 14.8. The summed E-state index contributed by atoms with van der Waals surface area (Å²) in [5.74, 6) is -1.65. The van der Waals surface area contributed by atoms with Gasteiger partial charge in [-0.2, -0.15) is 0 Å². The van der Waals surface area contributed by atoms with Crippen LogP contribution in [0.25, 0.3) is 0 Å². The van der Waals surface area contributed by atoms with Crippen molar-refractivity contribution in [1.82, 2.24) is 14.9 Å². The normalized spacial score (nSPS) is 12.3. The smallest absolute Gasteiger partial charge is 0.280 e. The van der Waals surface area contributed by atoms with Crippen molar-refractivity contribution < 1.29 is 14.0 Å². The number of hydrogen-bond acceptors (Lipinski definition) is 5. The van der Waals surface area contributed by atoms with Crippen molar-refractivity contribution in [2.75, 3.05) is 4.90 Å². The number of para-hydroxylation sites is 1. The van der Waals surface area contributed by atoms with Gasteiger partial charge in [0.25, 0.3) is 5.91 Å². The second kappa shape index (κ2) is 8.71. The molecular formula is C22H23FN4O2S. The fourth-order valence-electron chi connectivity index (χ4n) is 3.00. The van der Waals surface area contributed by atoms with Crippen LogP contribution in [-0.2, 0) is 4.79 Å². The molecule has 0 radical (unpaired) electrons. The monoisotopic (exact) mass is 426 g/mol. The molecule has 0 spiro atoms. The zero-order valence-corrected chi connectivity index (χ0v) is 18.0. The number of halogens is 1. The van der Waals surface area contributed by atoms with Crippen molar-refractivity contribution in [3.8, 4) is 0 Å². The van der Waals surface area contributed by atoms with E-state index in [-0.39, 0.29) is 11.4 Å². The molecule has 8 heteroatoms. The number of rotatable bonds is 5. The molecule has 2 amide bonds. The molecule has 2 aromatic carbocycles. The number of nitrogens with zero attached hydrogens (tertiary/aromatic N) is 3. The van der Waals surface area contributed by atoms with Gasteiger partial charge in [0.2, 0.25) is 5.91 Å². The first-order chi connectivity index (χ1) is 14.2. The summed E-state index contributed by atoms with van der Waals surface area (Å²) >= 11 is 1.01. The minimum absolute atomic E-state index is 0.00914. The summed E-state index contributed by atoms with van der Waals surface area (Å²) in [5, 5.41) is 8.23. The van der Waals surface area contributed by atoms with Gasteiger partial charge in [-0.25, -0.2) is 4.39 Å². The zero-order chi connectivity index (χ0) is 21.9. The molecule has 0 unspecified atom stereocenters. The minimum atomic E-state index is -1.10. The predicted molar refractivity (Wildman–Crippen MR) is 115 cm³/mol. The topological polar surface area (TPSA) is 75.2 Å². The summed E-state index contributed by atoms with van der Waals surface area (Å²) in [6.07, 6.45) is 0. The van der Waals surface area contributed by atoms with Gasteiger partial charge in [0, 0.05) is 10.9 Å². The van der Waals surface area contributed by atoms with E-state index in [4.69, 9.17) is 0 Å². The van der Waals surface area contributed by atoms with Crippen LogP contribution in [0.1, 0.15) is 48.4 Å². The molecule has 0 aliphatic heterocycles. The maximum Gasteiger partial charge on any atom is 0.280 e. The molecule has 0 aliphatic carbocycles. The van der Waals surface area contributed by atoms with Crippen LogP contribution in [0.2, 0.25) is 0 Å². The highest BCUT2D eigenvalue weighted by molar-refractivity contribution is 7.03. The summed E-state index contributed by atoms with van der Waals surface area (Å²) in [4.78, 5) is 27.9. The number of carbonyl (C=O) groups is 2. The van der Waals surface area contributed by atoms with Crippen LogP contribution < -0.4 is 10.2 Å². The fraction of sp³-hybridized carbons (Fsp3) is 0.273. The first-order valence-electron chi connectivity index (χ1n) is 9.41. The van der Waals surface area contributed by atoms with Crippen LogP contribution in [-0.4, -0.2) is 26.9 Å². The molecule has 3 aromatic rings. The van der Waals surface area contributed by atoms with Crippen molar-refractivity contribution in [2.24, 2.45) is 0 Å². The van der Waals surface area contributed by atoms with Gasteiger partial charge in [-0.3, -0.25) is 14.5 Å². The van der Waals surface area contributed by atoms with Gasteiger partial charge in [-0.05, 0) is 56.9 Å². The van der Waals surface area contributed by atoms with Crippen LogP contribution in [0.3, 0.4) is 0 Å². The average Bonchev–Trinajstić information content (AvgIpc) is 3.21. The summed E-state index contributed by atoms with van der Waals surface area (Å²) in [6, 6.07) is 12.0. The third-order valence-electron chi connectivity index (χ3n) is 4.31. The molecule has 0 aliphatic rings. The standard InChI is InChI=1S/C22H23FN4O2S/c1-14-9-11-15(12-10-14)19(20(28)24-22(2,3)4)27(18-8-6-5-7-16(18)23)21(29)17-13-30-26-25-17/h5-13,19H,1-4H3,(H,24,28)/t19-/m0/s1. The summed E-state index contributed by atoms with van der Waals surface area (Å²) in [5.41, 5.74) is 1.05. The molecular weight excluding hydrogens is 403 g/mol. The molecule has 0 saturated heterocycles. The van der Waals surface area contributed by atoms with E-state index in [9.17, 15) is 14.0 Å². The van der Waals surface area contributed by atoms with Gasteiger partial charge in [-0.15, -0.1) is 5.10 Å². The Balaban J connectivity index is 2.19. The van der Waals surface area contributed by atoms with Crippen molar-refractivity contribution in [3.05, 3.63) is 76.5 Å². The average molecular weight is 427 g/mol. The Morgan fingerprint density at radius 1 is 1.10 bits per heavy atom. The Morgan fingerprint density at radius 2 is 1.77 bits per heavy atom. The van der Waals surface area contributed by atoms with Crippen LogP contribution >= 0.6 is 11.5 Å². The molecule has 0 bridgehead atoms. The van der Waals surface area contributed by atoms with E-state index in [0.29, 0.717) is 5.56 Å². The Morgan fingerprint density at radius 3 is 2.33 bits per heavy atom. The molecule has 0 fully saturated rings. The van der Waals surface area contributed by atoms with E-state index >= 15 is 0 Å². The van der Waals surface area contributed by atoms with Crippen LogP contribution in [0.15, 0.2) is 53.9 Å². The van der Waals surface area contributed by atoms with Crippen molar-refractivity contribution in [2.45, 2.75) is 39.3 Å². The first kappa shape index (κ1) is 21.6. The van der Waals surface area contributed by atoms with Crippen molar-refractivity contribution >= 4 is 29.0 Å². The molecule has 3 rings (SSSR count). The zero-order valence-electron chi connectivity index (χ0n) is 17.2. The number of carbonyl (C=O) groups excluding carboxylic acids is 2. The third kappa shape index (κ3) is 4.88. The molecule has 30 heavy (non-hydrogen) atoms. The van der Waals surface area contributed by atoms with E-state index in [2.05, 4.69) is 14.9 Å². The van der Waals surface area contributed by atoms with Gasteiger partial charge in [-0.1, -0.05) is 46.4 Å². The largest absolute Gasteiger partial charge is 0.349 e. The molecule has 1 aromatic heterocycles.